The van der Waals surface area contributed by atoms with Crippen molar-refractivity contribution < 1.29 is 18.7 Å². The van der Waals surface area contributed by atoms with Crippen LogP contribution in [0.4, 0.5) is 9.18 Å². The van der Waals surface area contributed by atoms with Gasteiger partial charge in [0.05, 0.1) is 19.5 Å². The zero-order valence-corrected chi connectivity index (χ0v) is 21.5. The van der Waals surface area contributed by atoms with Crippen LogP contribution in [0.2, 0.25) is 0 Å². The summed E-state index contributed by atoms with van der Waals surface area (Å²) in [5.74, 6) is 0.626. The van der Waals surface area contributed by atoms with E-state index in [1.807, 2.05) is 12.4 Å². The van der Waals surface area contributed by atoms with Crippen LogP contribution in [0.25, 0.3) is 0 Å². The smallest absolute Gasteiger partial charge is 0.438 e. The van der Waals surface area contributed by atoms with Gasteiger partial charge in [-0.05, 0) is 82.2 Å². The Morgan fingerprint density at radius 3 is 2.56 bits per heavy atom. The second-order valence-electron chi connectivity index (χ2n) is 10.1. The lowest BCUT2D eigenvalue weighted by Crippen LogP contribution is -2.54. The lowest BCUT2D eigenvalue weighted by atomic mass is 9.71. The van der Waals surface area contributed by atoms with E-state index in [1.165, 1.54) is 13.2 Å². The van der Waals surface area contributed by atoms with Crippen molar-refractivity contribution in [1.29, 1.82) is 0 Å². The number of aliphatic imine (C=N–C) groups is 1. The summed E-state index contributed by atoms with van der Waals surface area (Å²) in [5, 5.41) is 0. The topological polar surface area (TPSA) is 54.4 Å². The maximum atomic E-state index is 14.0. The van der Waals surface area contributed by atoms with Crippen LogP contribution in [0.3, 0.4) is 0 Å². The number of ether oxygens (including phenoxy) is 2. The number of nitrogens with zero attached hydrogens (tertiary/aromatic N) is 3. The highest BCUT2D eigenvalue weighted by atomic mass is 19.1. The number of hydrogen-bond acceptors (Lipinski definition) is 6. The molecule has 0 amide bonds. The largest absolute Gasteiger partial charge is 0.510 e. The van der Waals surface area contributed by atoms with Crippen molar-refractivity contribution in [3.63, 3.8) is 0 Å². The first-order valence-corrected chi connectivity index (χ1v) is 12.8. The highest BCUT2D eigenvalue weighted by molar-refractivity contribution is 5.64. The summed E-state index contributed by atoms with van der Waals surface area (Å²) >= 11 is 0. The lowest BCUT2D eigenvalue weighted by Gasteiger charge is -2.45. The minimum Gasteiger partial charge on any atom is -0.438 e. The zero-order chi connectivity index (χ0) is 24.7. The van der Waals surface area contributed by atoms with Crippen molar-refractivity contribution >= 4 is 12.5 Å². The normalized spacial score (nSPS) is 27.7. The maximum absolute atomic E-state index is 14.0. The summed E-state index contributed by atoms with van der Waals surface area (Å²) in [5.41, 5.74) is 0.149. The molecule has 1 fully saturated rings. The summed E-state index contributed by atoms with van der Waals surface area (Å²) in [6.07, 6.45) is 9.01. The van der Waals surface area contributed by atoms with E-state index >= 15 is 0 Å². The molecule has 0 radical (unpaired) electrons. The van der Waals surface area contributed by atoms with E-state index in [1.54, 1.807) is 12.1 Å². The first-order valence-electron chi connectivity index (χ1n) is 12.8. The fourth-order valence-electron chi connectivity index (χ4n) is 6.10. The van der Waals surface area contributed by atoms with Crippen LogP contribution >= 0.6 is 0 Å². The molecule has 3 rings (SSSR count). The van der Waals surface area contributed by atoms with Gasteiger partial charge < -0.3 is 19.3 Å². The van der Waals surface area contributed by atoms with Gasteiger partial charge in [0, 0.05) is 19.0 Å². The molecule has 1 aliphatic carbocycles. The first-order chi connectivity index (χ1) is 16.3. The van der Waals surface area contributed by atoms with Crippen LogP contribution in [-0.2, 0) is 9.47 Å². The van der Waals surface area contributed by atoms with Gasteiger partial charge in [0.2, 0.25) is 5.72 Å². The molecule has 6 nitrogen and oxygen atoms in total. The molecule has 3 atom stereocenters. The van der Waals surface area contributed by atoms with E-state index < -0.39 is 11.9 Å². The molecular formula is C27H42FN3O3. The molecule has 0 aromatic heterocycles. The number of halogens is 1. The Labute approximate surface area is 204 Å². The summed E-state index contributed by atoms with van der Waals surface area (Å²) in [7, 11) is 5.51. The molecule has 7 heteroatoms. The van der Waals surface area contributed by atoms with Gasteiger partial charge in [-0.15, -0.1) is 0 Å². The molecule has 0 saturated heterocycles. The minimum atomic E-state index is -0.890. The molecule has 1 aromatic rings. The van der Waals surface area contributed by atoms with Crippen molar-refractivity contribution in [3.05, 3.63) is 35.6 Å². The predicted octanol–water partition coefficient (Wildman–Crippen LogP) is 6.03. The number of carbonyl (C=O) groups excluding carboxylic acids is 1. The van der Waals surface area contributed by atoms with Crippen molar-refractivity contribution in [2.45, 2.75) is 83.0 Å². The molecule has 34 heavy (non-hydrogen) atoms. The summed E-state index contributed by atoms with van der Waals surface area (Å²) in [4.78, 5) is 21.6. The van der Waals surface area contributed by atoms with Gasteiger partial charge in [-0.3, -0.25) is 0 Å². The van der Waals surface area contributed by atoms with E-state index in [-0.39, 0.29) is 17.9 Å². The molecule has 1 aliphatic heterocycles. The minimum absolute atomic E-state index is 0.0195. The van der Waals surface area contributed by atoms with Gasteiger partial charge in [-0.2, -0.15) is 0 Å². The van der Waals surface area contributed by atoms with Crippen molar-refractivity contribution in [3.8, 4) is 0 Å². The second-order valence-corrected chi connectivity index (χ2v) is 10.1. The quantitative estimate of drug-likeness (QED) is 0.387. The number of carbonyl (C=O) groups is 1. The van der Waals surface area contributed by atoms with E-state index in [9.17, 15) is 9.18 Å². The van der Waals surface area contributed by atoms with Crippen LogP contribution in [0, 0.1) is 17.7 Å². The van der Waals surface area contributed by atoms with Crippen LogP contribution in [0.1, 0.15) is 76.8 Å². The van der Waals surface area contributed by atoms with Crippen LogP contribution in [-0.4, -0.2) is 61.8 Å². The van der Waals surface area contributed by atoms with Crippen LogP contribution in [0.5, 0.6) is 0 Å². The molecule has 1 aromatic carbocycles. The average molecular weight is 476 g/mol. The SMILES string of the molecule is CCCCC1(OC(=O)OC)N=CN(CCC)C1C1CCC(C(c2cccc(F)c2)N(C)C)CC1. The monoisotopic (exact) mass is 475 g/mol. The molecule has 1 heterocycles. The predicted molar refractivity (Wildman–Crippen MR) is 133 cm³/mol. The molecule has 2 aliphatic rings. The highest BCUT2D eigenvalue weighted by Crippen LogP contribution is 2.46. The Morgan fingerprint density at radius 2 is 1.97 bits per heavy atom. The third-order valence-electron chi connectivity index (χ3n) is 7.50. The lowest BCUT2D eigenvalue weighted by molar-refractivity contribution is -0.0768. The molecule has 190 valence electrons. The Balaban J connectivity index is 1.81. The first kappa shape index (κ1) is 26.5. The van der Waals surface area contributed by atoms with Crippen molar-refractivity contribution in [2.24, 2.45) is 16.8 Å². The van der Waals surface area contributed by atoms with Gasteiger partial charge in [-0.25, -0.2) is 14.2 Å². The van der Waals surface area contributed by atoms with E-state index in [0.717, 1.165) is 57.1 Å². The van der Waals surface area contributed by atoms with E-state index in [2.05, 4.69) is 37.7 Å². The number of unbranched alkanes of at least 4 members (excludes halogenated alkanes) is 1. The van der Waals surface area contributed by atoms with Gasteiger partial charge in [0.25, 0.3) is 0 Å². The van der Waals surface area contributed by atoms with Crippen molar-refractivity contribution in [1.82, 2.24) is 9.80 Å². The summed E-state index contributed by atoms with van der Waals surface area (Å²) in [6.45, 7) is 5.19. The third-order valence-corrected chi connectivity index (χ3v) is 7.50. The Hall–Kier alpha value is -2.15. The van der Waals surface area contributed by atoms with Gasteiger partial charge in [-0.1, -0.05) is 32.4 Å². The highest BCUT2D eigenvalue weighted by Gasteiger charge is 2.52. The summed E-state index contributed by atoms with van der Waals surface area (Å²) in [6, 6.07) is 7.22. The number of rotatable bonds is 10. The van der Waals surface area contributed by atoms with Gasteiger partial charge in [0.1, 0.15) is 5.82 Å². The van der Waals surface area contributed by atoms with Crippen LogP contribution < -0.4 is 0 Å². The van der Waals surface area contributed by atoms with Crippen LogP contribution in [0.15, 0.2) is 29.3 Å². The van der Waals surface area contributed by atoms with E-state index in [4.69, 9.17) is 14.5 Å². The fraction of sp³-hybridized carbons (Fsp3) is 0.704. The zero-order valence-electron chi connectivity index (χ0n) is 21.5. The fourth-order valence-corrected chi connectivity index (χ4v) is 6.10. The standard InChI is InChI=1S/C27H42FN3O3/c1-6-8-16-27(34-26(32)33-5)25(31(17-7-2)19-29-27)21-14-12-20(13-15-21)24(30(3)4)22-10-9-11-23(28)18-22/h9-11,18-21,24-25H,6-8,12-17H2,1-5H3. The Morgan fingerprint density at radius 1 is 1.24 bits per heavy atom. The Bertz CT molecular complexity index is 825. The summed E-state index contributed by atoms with van der Waals surface area (Å²) < 4.78 is 24.8. The van der Waals surface area contributed by atoms with Crippen molar-refractivity contribution in [2.75, 3.05) is 27.7 Å². The molecule has 0 spiro atoms. The molecular weight excluding hydrogens is 433 g/mol. The maximum Gasteiger partial charge on any atom is 0.510 e. The molecule has 0 bridgehead atoms. The van der Waals surface area contributed by atoms with E-state index in [0.29, 0.717) is 18.3 Å². The average Bonchev–Trinajstić information content (AvgIpc) is 3.16. The van der Waals surface area contributed by atoms with Gasteiger partial charge >= 0.3 is 6.16 Å². The molecule has 0 N–H and O–H groups in total. The Kier molecular flexibility index (Phi) is 9.34. The molecule has 3 unspecified atom stereocenters. The third kappa shape index (κ3) is 5.91. The number of hydrogen-bond donors (Lipinski definition) is 0. The number of methoxy groups -OCH3 is 1. The number of benzene rings is 1. The molecule has 1 saturated carbocycles. The van der Waals surface area contributed by atoms with Gasteiger partial charge in [0.15, 0.2) is 0 Å². The second kappa shape index (κ2) is 12.0.